The molecule has 0 radical (unpaired) electrons. The molecule has 0 saturated carbocycles. The zero-order chi connectivity index (χ0) is 31.3. The van der Waals surface area contributed by atoms with E-state index >= 15 is 0 Å². The van der Waals surface area contributed by atoms with Crippen molar-refractivity contribution in [2.45, 2.75) is 78.1 Å². The fraction of sp³-hybridized carbons (Fsp3) is 0.459. The second-order valence-electron chi connectivity index (χ2n) is 13.8. The van der Waals surface area contributed by atoms with Crippen LogP contribution < -0.4 is 10.5 Å². The highest BCUT2D eigenvalue weighted by Crippen LogP contribution is 2.39. The summed E-state index contributed by atoms with van der Waals surface area (Å²) in [5.74, 6) is 1.13. The number of carbonyl (C=O) groups is 2. The highest BCUT2D eigenvalue weighted by molar-refractivity contribution is 6.02. The summed E-state index contributed by atoms with van der Waals surface area (Å²) in [6.45, 7) is 10.4. The van der Waals surface area contributed by atoms with Crippen molar-refractivity contribution in [3.8, 4) is 11.1 Å². The molecule has 2 atom stereocenters. The summed E-state index contributed by atoms with van der Waals surface area (Å²) in [7, 11) is 0. The van der Waals surface area contributed by atoms with Crippen molar-refractivity contribution in [3.05, 3.63) is 92.7 Å². The molecule has 1 saturated heterocycles. The van der Waals surface area contributed by atoms with E-state index in [4.69, 9.17) is 14.9 Å². The number of allylic oxidation sites excluding steroid dienone is 1. The molecular weight excluding hydrogens is 550 g/mol. The highest BCUT2D eigenvalue weighted by Gasteiger charge is 2.31. The lowest BCUT2D eigenvalue weighted by Gasteiger charge is -2.34. The lowest BCUT2D eigenvalue weighted by molar-refractivity contribution is -0.887. The minimum Gasteiger partial charge on any atom is -0.483 e. The van der Waals surface area contributed by atoms with Gasteiger partial charge in [0, 0.05) is 55.6 Å². The Kier molecular flexibility index (Phi) is 9.94. The summed E-state index contributed by atoms with van der Waals surface area (Å²) < 4.78 is 0. The number of benzene rings is 1. The molecule has 0 bridgehead atoms. The molecule has 1 aromatic carbocycles. The molecule has 2 aromatic heterocycles. The molecule has 1 fully saturated rings. The number of fused-ring (bicyclic) bond motifs is 2. The number of likely N-dealkylation sites (tertiary alicyclic amines) is 1. The molecule has 232 valence electrons. The first-order valence-corrected chi connectivity index (χ1v) is 16.1. The number of quaternary nitrogens is 1. The van der Waals surface area contributed by atoms with Crippen LogP contribution in [0.4, 0.5) is 0 Å². The van der Waals surface area contributed by atoms with E-state index in [1.807, 2.05) is 6.07 Å². The van der Waals surface area contributed by atoms with Gasteiger partial charge in [-0.2, -0.15) is 0 Å². The van der Waals surface area contributed by atoms with Gasteiger partial charge in [0.1, 0.15) is 0 Å². The fourth-order valence-electron chi connectivity index (χ4n) is 7.11. The average Bonchev–Trinajstić information content (AvgIpc) is 3.68. The average molecular weight is 597 g/mol. The largest absolute Gasteiger partial charge is 0.483 e. The van der Waals surface area contributed by atoms with Crippen LogP contribution in [0.2, 0.25) is 0 Å². The van der Waals surface area contributed by atoms with Crippen LogP contribution >= 0.6 is 0 Å². The Morgan fingerprint density at radius 2 is 1.80 bits per heavy atom. The second-order valence-corrected chi connectivity index (χ2v) is 13.8. The zero-order valence-electron chi connectivity index (χ0n) is 26.3. The Morgan fingerprint density at radius 3 is 2.45 bits per heavy atom. The Bertz CT molecular complexity index is 1540. The third kappa shape index (κ3) is 7.62. The maximum absolute atomic E-state index is 13.8. The van der Waals surface area contributed by atoms with Crippen molar-refractivity contribution in [3.63, 3.8) is 0 Å². The summed E-state index contributed by atoms with van der Waals surface area (Å²) in [4.78, 5) is 43.1. The lowest BCUT2D eigenvalue weighted by Crippen LogP contribution is -3.10. The normalized spacial score (nSPS) is 18.4. The monoisotopic (exact) mass is 596 g/mol. The quantitative estimate of drug-likeness (QED) is 0.316. The summed E-state index contributed by atoms with van der Waals surface area (Å²) in [5.41, 5.74) is 9.29. The molecule has 0 unspecified atom stereocenters. The summed E-state index contributed by atoms with van der Waals surface area (Å²) in [6, 6.07) is 14.3. The van der Waals surface area contributed by atoms with E-state index in [-0.39, 0.29) is 23.7 Å². The molecule has 3 aliphatic rings. The van der Waals surface area contributed by atoms with E-state index in [1.54, 1.807) is 17.2 Å². The van der Waals surface area contributed by atoms with Gasteiger partial charge in [0.05, 0.1) is 25.3 Å². The number of nitrogens with zero attached hydrogens (tertiary/aromatic N) is 1. The number of carboxylic acid groups (broad SMARTS) is 1. The number of ketones is 1. The van der Waals surface area contributed by atoms with Gasteiger partial charge in [-0.15, -0.1) is 0 Å². The van der Waals surface area contributed by atoms with Crippen LogP contribution in [0.25, 0.3) is 17.2 Å². The summed E-state index contributed by atoms with van der Waals surface area (Å²) >= 11 is 0. The van der Waals surface area contributed by atoms with E-state index < -0.39 is 0 Å². The van der Waals surface area contributed by atoms with Crippen molar-refractivity contribution in [1.29, 1.82) is 0 Å². The van der Waals surface area contributed by atoms with Gasteiger partial charge in [0.15, 0.2) is 5.78 Å². The SMILES string of the molecule is CC(C)(C)[C@H]1CCc2nc3c(cc2C1)C=C(C(=O)C[C@H](CC[NH+]1CCCC1)c1ccc(-c2ccc(=O)[nH]c2)cc1)C3.O=CO. The molecule has 0 spiro atoms. The van der Waals surface area contributed by atoms with E-state index in [2.05, 4.69) is 62.2 Å². The first-order valence-electron chi connectivity index (χ1n) is 16.1. The first kappa shape index (κ1) is 31.6. The topological polar surface area (TPSA) is 105 Å². The molecule has 44 heavy (non-hydrogen) atoms. The highest BCUT2D eigenvalue weighted by atomic mass is 16.3. The van der Waals surface area contributed by atoms with E-state index in [9.17, 15) is 9.59 Å². The number of hydrogen-bond donors (Lipinski definition) is 3. The lowest BCUT2D eigenvalue weighted by atomic mass is 9.71. The predicted molar refractivity (Wildman–Crippen MR) is 174 cm³/mol. The fourth-order valence-corrected chi connectivity index (χ4v) is 7.11. The molecule has 3 aromatic rings. The number of carbonyl (C=O) groups excluding carboxylic acids is 1. The molecule has 7 nitrogen and oxygen atoms in total. The Labute approximate surface area is 260 Å². The Hall–Kier alpha value is -3.84. The molecule has 6 rings (SSSR count). The van der Waals surface area contributed by atoms with E-state index in [0.29, 0.717) is 24.2 Å². The van der Waals surface area contributed by atoms with Gasteiger partial charge >= 0.3 is 0 Å². The van der Waals surface area contributed by atoms with Crippen LogP contribution in [-0.4, -0.2) is 47.0 Å². The number of rotatable bonds is 8. The standard InChI is InChI=1S/C36H43N3O2.CH2O2/c1-36(2,3)31-11-12-32-29(20-31)18-28-19-30(21-33(28)38-32)34(40)22-26(14-17-39-15-4-5-16-39)24-6-8-25(9-7-24)27-10-13-35(41)37-23-27;2-1-3/h6-10,13,18-19,23,26,31H,4-5,11-12,14-17,20-22H2,1-3H3,(H,37,41);1H,(H,2,3)/p+1/t26-,31-;/m0./s1. The van der Waals surface area contributed by atoms with Crippen molar-refractivity contribution in [2.24, 2.45) is 11.3 Å². The van der Waals surface area contributed by atoms with Gasteiger partial charge in [0.25, 0.3) is 6.47 Å². The van der Waals surface area contributed by atoms with Crippen molar-refractivity contribution >= 4 is 18.3 Å². The smallest absolute Gasteiger partial charge is 0.290 e. The van der Waals surface area contributed by atoms with Crippen LogP contribution in [0.5, 0.6) is 0 Å². The summed E-state index contributed by atoms with van der Waals surface area (Å²) in [6.07, 6.45) is 12.1. The second kappa shape index (κ2) is 13.9. The van der Waals surface area contributed by atoms with Gasteiger partial charge < -0.3 is 15.0 Å². The number of hydrogen-bond acceptors (Lipinski definition) is 4. The molecule has 1 aliphatic heterocycles. The van der Waals surface area contributed by atoms with Crippen LogP contribution in [0.1, 0.15) is 86.9 Å². The Balaban J connectivity index is 0.00000123. The predicted octanol–water partition coefficient (Wildman–Crippen LogP) is 5.04. The number of aromatic amines is 1. The maximum atomic E-state index is 13.8. The minimum atomic E-state index is -0.250. The van der Waals surface area contributed by atoms with Crippen LogP contribution in [0, 0.1) is 11.3 Å². The Morgan fingerprint density at radius 1 is 1.09 bits per heavy atom. The van der Waals surface area contributed by atoms with Gasteiger partial charge in [-0.25, -0.2) is 0 Å². The summed E-state index contributed by atoms with van der Waals surface area (Å²) in [5, 5.41) is 6.89. The third-order valence-electron chi connectivity index (χ3n) is 9.86. The van der Waals surface area contributed by atoms with Crippen molar-refractivity contribution < 1.29 is 19.6 Å². The molecule has 7 heteroatoms. The van der Waals surface area contributed by atoms with Crippen molar-refractivity contribution in [2.75, 3.05) is 19.6 Å². The maximum Gasteiger partial charge on any atom is 0.290 e. The molecule has 2 aliphatic carbocycles. The molecule has 3 heterocycles. The first-order chi connectivity index (χ1) is 21.1. The number of pyridine rings is 2. The molecular formula is C37H46N3O4+. The van der Waals surface area contributed by atoms with Gasteiger partial charge in [-0.05, 0) is 82.5 Å². The molecule has 3 N–H and O–H groups in total. The van der Waals surface area contributed by atoms with E-state index in [1.165, 1.54) is 49.2 Å². The molecule has 0 amide bonds. The number of Topliss-reactive ketones (excluding diaryl/α,β-unsaturated/α-hetero) is 1. The van der Waals surface area contributed by atoms with E-state index in [0.717, 1.165) is 53.8 Å². The van der Waals surface area contributed by atoms with Crippen LogP contribution in [-0.2, 0) is 28.9 Å². The van der Waals surface area contributed by atoms with Crippen LogP contribution in [0.3, 0.4) is 0 Å². The number of nitrogens with one attached hydrogen (secondary N) is 2. The van der Waals surface area contributed by atoms with Gasteiger partial charge in [-0.1, -0.05) is 45.0 Å². The third-order valence-corrected chi connectivity index (χ3v) is 9.86. The minimum absolute atomic E-state index is 0.0961. The van der Waals surface area contributed by atoms with Crippen molar-refractivity contribution in [1.82, 2.24) is 9.97 Å². The number of aryl methyl sites for hydroxylation is 1. The number of H-pyrrole nitrogens is 1. The van der Waals surface area contributed by atoms with Gasteiger partial charge in [0.2, 0.25) is 5.56 Å². The number of aromatic nitrogens is 2. The zero-order valence-corrected chi connectivity index (χ0v) is 26.3. The van der Waals surface area contributed by atoms with Gasteiger partial charge in [-0.3, -0.25) is 19.4 Å². The van der Waals surface area contributed by atoms with Crippen LogP contribution in [0.15, 0.2) is 59.0 Å².